The second-order valence-electron chi connectivity index (χ2n) is 6.59. The van der Waals surface area contributed by atoms with Gasteiger partial charge in [0.2, 0.25) is 5.91 Å². The minimum atomic E-state index is 0.0300. The molecule has 2 heterocycles. The van der Waals surface area contributed by atoms with Crippen molar-refractivity contribution in [3.8, 4) is 10.8 Å². The van der Waals surface area contributed by atoms with Crippen LogP contribution in [0.4, 0.5) is 0 Å². The first-order valence-corrected chi connectivity index (χ1v) is 9.48. The number of furan rings is 1. The smallest absolute Gasteiger partial charge is 0.223 e. The molecule has 3 N–H and O–H groups in total. The van der Waals surface area contributed by atoms with Gasteiger partial charge < -0.3 is 15.5 Å². The Kier molecular flexibility index (Phi) is 4.55. The van der Waals surface area contributed by atoms with Gasteiger partial charge in [0, 0.05) is 12.0 Å². The number of hydrogen-bond acceptors (Lipinski definition) is 5. The highest BCUT2D eigenvalue weighted by molar-refractivity contribution is 7.21. The lowest BCUT2D eigenvalue weighted by atomic mass is 9.85. The van der Waals surface area contributed by atoms with E-state index in [1.54, 1.807) is 11.3 Å². The quantitative estimate of drug-likeness (QED) is 0.748. The zero-order valence-corrected chi connectivity index (χ0v) is 14.7. The van der Waals surface area contributed by atoms with Gasteiger partial charge in [0.15, 0.2) is 10.8 Å². The Morgan fingerprint density at radius 1 is 1.28 bits per heavy atom. The molecule has 5 nitrogen and oxygen atoms in total. The molecular weight excluding hydrogens is 334 g/mol. The van der Waals surface area contributed by atoms with Gasteiger partial charge in [-0.25, -0.2) is 4.98 Å². The van der Waals surface area contributed by atoms with Crippen LogP contribution >= 0.6 is 11.3 Å². The van der Waals surface area contributed by atoms with Crippen LogP contribution in [-0.4, -0.2) is 16.9 Å². The number of nitrogens with two attached hydrogens (primary N) is 1. The van der Waals surface area contributed by atoms with E-state index in [4.69, 9.17) is 10.2 Å². The molecule has 2 aromatic heterocycles. The molecule has 1 aromatic carbocycles. The average Bonchev–Trinajstić information content (AvgIpc) is 3.26. The number of nitrogens with zero attached hydrogens (tertiary/aromatic N) is 1. The standard InChI is InChI=1S/C19H21N3O2S/c20-13-5-3-4-12(10-13)18(23)21-11-14-8-9-16(24-14)19-22-15-6-1-2-7-17(15)25-19/h1-2,6-9,12-13H,3-5,10-11,20H2,(H,21,23). The number of para-hydroxylation sites is 1. The zero-order valence-electron chi connectivity index (χ0n) is 13.9. The number of carbonyl (C=O) groups excluding carboxylic acids is 1. The largest absolute Gasteiger partial charge is 0.457 e. The second-order valence-corrected chi connectivity index (χ2v) is 7.62. The van der Waals surface area contributed by atoms with E-state index in [-0.39, 0.29) is 17.9 Å². The first-order chi connectivity index (χ1) is 12.2. The predicted molar refractivity (Wildman–Crippen MR) is 99.1 cm³/mol. The van der Waals surface area contributed by atoms with Gasteiger partial charge in [-0.15, -0.1) is 11.3 Å². The minimum Gasteiger partial charge on any atom is -0.457 e. The molecule has 0 spiro atoms. The number of carbonyl (C=O) groups is 1. The average molecular weight is 355 g/mol. The Hall–Kier alpha value is -2.18. The summed E-state index contributed by atoms with van der Waals surface area (Å²) in [5, 5.41) is 3.83. The second kappa shape index (κ2) is 6.98. The number of hydrogen-bond donors (Lipinski definition) is 2. The van der Waals surface area contributed by atoms with Crippen molar-refractivity contribution in [3.63, 3.8) is 0 Å². The third-order valence-corrected chi connectivity index (χ3v) is 5.74. The fourth-order valence-corrected chi connectivity index (χ4v) is 4.28. The Morgan fingerprint density at radius 3 is 3.00 bits per heavy atom. The Morgan fingerprint density at radius 2 is 2.16 bits per heavy atom. The van der Waals surface area contributed by atoms with Crippen LogP contribution in [0.5, 0.6) is 0 Å². The summed E-state index contributed by atoms with van der Waals surface area (Å²) in [5.74, 6) is 1.59. The molecule has 2 unspecified atom stereocenters. The van der Waals surface area contributed by atoms with Gasteiger partial charge in [0.25, 0.3) is 0 Å². The number of rotatable bonds is 4. The molecule has 3 aromatic rings. The molecular formula is C19H21N3O2S. The number of thiazole rings is 1. The van der Waals surface area contributed by atoms with Gasteiger partial charge in [-0.1, -0.05) is 18.6 Å². The highest BCUT2D eigenvalue weighted by Crippen LogP contribution is 2.31. The van der Waals surface area contributed by atoms with Gasteiger partial charge in [-0.2, -0.15) is 0 Å². The molecule has 6 heteroatoms. The Labute approximate surface area is 150 Å². The normalized spacial score (nSPS) is 20.7. The van der Waals surface area contributed by atoms with E-state index < -0.39 is 0 Å². The van der Waals surface area contributed by atoms with Crippen LogP contribution in [0.15, 0.2) is 40.8 Å². The molecule has 0 aliphatic heterocycles. The van der Waals surface area contributed by atoms with Crippen LogP contribution in [-0.2, 0) is 11.3 Å². The summed E-state index contributed by atoms with van der Waals surface area (Å²) in [6, 6.07) is 12.0. The topological polar surface area (TPSA) is 81.2 Å². The summed E-state index contributed by atoms with van der Waals surface area (Å²) < 4.78 is 7.00. The van der Waals surface area contributed by atoms with Crippen LogP contribution in [0.25, 0.3) is 21.0 Å². The van der Waals surface area contributed by atoms with Crippen LogP contribution < -0.4 is 11.1 Å². The van der Waals surface area contributed by atoms with Gasteiger partial charge >= 0.3 is 0 Å². The van der Waals surface area contributed by atoms with Gasteiger partial charge in [-0.05, 0) is 43.5 Å². The molecule has 25 heavy (non-hydrogen) atoms. The van der Waals surface area contributed by atoms with Gasteiger partial charge in [0.05, 0.1) is 16.8 Å². The van der Waals surface area contributed by atoms with Crippen molar-refractivity contribution in [3.05, 3.63) is 42.2 Å². The van der Waals surface area contributed by atoms with Crippen LogP contribution in [0.2, 0.25) is 0 Å². The lowest BCUT2D eigenvalue weighted by molar-refractivity contribution is -0.126. The van der Waals surface area contributed by atoms with Crippen molar-refractivity contribution < 1.29 is 9.21 Å². The predicted octanol–water partition coefficient (Wildman–Crippen LogP) is 3.69. The lowest BCUT2D eigenvalue weighted by Gasteiger charge is -2.25. The monoisotopic (exact) mass is 355 g/mol. The lowest BCUT2D eigenvalue weighted by Crippen LogP contribution is -2.37. The maximum absolute atomic E-state index is 12.3. The summed E-state index contributed by atoms with van der Waals surface area (Å²) in [5.41, 5.74) is 6.94. The Bertz CT molecular complexity index is 853. The molecule has 1 aliphatic rings. The van der Waals surface area contributed by atoms with Crippen molar-refractivity contribution in [1.82, 2.24) is 10.3 Å². The molecule has 2 atom stereocenters. The number of benzene rings is 1. The van der Waals surface area contributed by atoms with Crippen molar-refractivity contribution in [2.45, 2.75) is 38.3 Å². The van der Waals surface area contributed by atoms with E-state index in [2.05, 4.69) is 16.4 Å². The van der Waals surface area contributed by atoms with E-state index >= 15 is 0 Å². The van der Waals surface area contributed by atoms with Crippen LogP contribution in [0.3, 0.4) is 0 Å². The fraction of sp³-hybridized carbons (Fsp3) is 0.368. The summed E-state index contributed by atoms with van der Waals surface area (Å²) >= 11 is 1.60. The summed E-state index contributed by atoms with van der Waals surface area (Å²) in [6.07, 6.45) is 3.75. The van der Waals surface area contributed by atoms with Crippen molar-refractivity contribution in [1.29, 1.82) is 0 Å². The fourth-order valence-electron chi connectivity index (χ4n) is 3.35. The third kappa shape index (κ3) is 3.60. The maximum atomic E-state index is 12.3. The van der Waals surface area contributed by atoms with Gasteiger partial charge in [0.1, 0.15) is 5.76 Å². The zero-order chi connectivity index (χ0) is 17.2. The summed E-state index contributed by atoms with van der Waals surface area (Å²) in [7, 11) is 0. The van der Waals surface area contributed by atoms with Crippen LogP contribution in [0, 0.1) is 5.92 Å². The summed E-state index contributed by atoms with van der Waals surface area (Å²) in [6.45, 7) is 0.398. The first kappa shape index (κ1) is 16.3. The molecule has 1 aliphatic carbocycles. The van der Waals surface area contributed by atoms with Gasteiger partial charge in [-0.3, -0.25) is 4.79 Å². The van der Waals surface area contributed by atoms with Crippen LogP contribution in [0.1, 0.15) is 31.4 Å². The van der Waals surface area contributed by atoms with E-state index in [0.717, 1.165) is 52.4 Å². The summed E-state index contributed by atoms with van der Waals surface area (Å²) in [4.78, 5) is 16.9. The number of amides is 1. The van der Waals surface area contributed by atoms with Crippen molar-refractivity contribution in [2.24, 2.45) is 11.7 Å². The highest BCUT2D eigenvalue weighted by atomic mass is 32.1. The van der Waals surface area contributed by atoms with E-state index in [1.165, 1.54) is 0 Å². The number of nitrogens with one attached hydrogen (secondary N) is 1. The molecule has 0 radical (unpaired) electrons. The third-order valence-electron chi connectivity index (χ3n) is 4.69. The number of fused-ring (bicyclic) bond motifs is 1. The molecule has 0 saturated heterocycles. The minimum absolute atomic E-state index is 0.0300. The SMILES string of the molecule is NC1CCCC(C(=O)NCc2ccc(-c3nc4ccccc4s3)o2)C1. The molecule has 4 rings (SSSR count). The first-order valence-electron chi connectivity index (χ1n) is 8.67. The number of aromatic nitrogens is 1. The van der Waals surface area contributed by atoms with Crippen molar-refractivity contribution >= 4 is 27.5 Å². The maximum Gasteiger partial charge on any atom is 0.223 e. The molecule has 1 saturated carbocycles. The molecule has 130 valence electrons. The molecule has 0 bridgehead atoms. The van der Waals surface area contributed by atoms with E-state index in [9.17, 15) is 4.79 Å². The van der Waals surface area contributed by atoms with E-state index in [0.29, 0.717) is 6.54 Å². The molecule has 1 fully saturated rings. The van der Waals surface area contributed by atoms with E-state index in [1.807, 2.05) is 30.3 Å². The molecule has 1 amide bonds. The van der Waals surface area contributed by atoms with Crippen molar-refractivity contribution in [2.75, 3.05) is 0 Å². The highest BCUT2D eigenvalue weighted by Gasteiger charge is 2.25. The Balaban J connectivity index is 1.40.